The minimum atomic E-state index is 0.394. The van der Waals surface area contributed by atoms with E-state index in [2.05, 4.69) is 11.1 Å². The van der Waals surface area contributed by atoms with Gasteiger partial charge in [-0.05, 0) is 31.2 Å². The number of allylic oxidation sites excluding steroid dienone is 2. The summed E-state index contributed by atoms with van der Waals surface area (Å²) in [4.78, 5) is 4.42. The first kappa shape index (κ1) is 13.7. The molecule has 0 aliphatic rings. The zero-order chi connectivity index (χ0) is 15.0. The van der Waals surface area contributed by atoms with Gasteiger partial charge in [0, 0.05) is 21.5 Å². The third kappa shape index (κ3) is 2.51. The van der Waals surface area contributed by atoms with Crippen molar-refractivity contribution in [3.8, 4) is 17.5 Å². The highest BCUT2D eigenvalue weighted by molar-refractivity contribution is 7.11. The van der Waals surface area contributed by atoms with E-state index in [-0.39, 0.29) is 0 Å². The van der Waals surface area contributed by atoms with Crippen LogP contribution in [0.1, 0.15) is 11.9 Å². The van der Waals surface area contributed by atoms with E-state index in [4.69, 9.17) is 27.0 Å². The number of thiazole rings is 1. The molecule has 3 rings (SSSR count). The SMILES string of the molecule is CC(N)=C(C#N)c1nc(-c2cc3cc(Cl)ccc3o2)cs1. The number of nitriles is 1. The van der Waals surface area contributed by atoms with Crippen LogP contribution in [-0.2, 0) is 0 Å². The molecule has 2 N–H and O–H groups in total. The minimum absolute atomic E-state index is 0.394. The first-order valence-electron chi connectivity index (χ1n) is 6.10. The molecule has 4 nitrogen and oxygen atoms in total. The van der Waals surface area contributed by atoms with E-state index in [1.807, 2.05) is 23.6 Å². The Kier molecular flexibility index (Phi) is 3.42. The van der Waals surface area contributed by atoms with E-state index in [9.17, 15) is 0 Å². The Labute approximate surface area is 130 Å². The maximum atomic E-state index is 9.12. The summed E-state index contributed by atoms with van der Waals surface area (Å²) in [5.74, 6) is 0.640. The smallest absolute Gasteiger partial charge is 0.154 e. The second-order valence-electron chi connectivity index (χ2n) is 4.50. The zero-order valence-electron chi connectivity index (χ0n) is 11.1. The zero-order valence-corrected chi connectivity index (χ0v) is 12.6. The average molecular weight is 316 g/mol. The molecule has 0 aliphatic heterocycles. The van der Waals surface area contributed by atoms with Crippen molar-refractivity contribution in [3.63, 3.8) is 0 Å². The van der Waals surface area contributed by atoms with Gasteiger partial charge in [0.25, 0.3) is 0 Å². The summed E-state index contributed by atoms with van der Waals surface area (Å²) in [6, 6.07) is 9.38. The van der Waals surface area contributed by atoms with Crippen LogP contribution in [0.15, 0.2) is 39.8 Å². The van der Waals surface area contributed by atoms with E-state index >= 15 is 0 Å². The summed E-state index contributed by atoms with van der Waals surface area (Å²) in [5, 5.41) is 13.1. The number of furan rings is 1. The fourth-order valence-electron chi connectivity index (χ4n) is 1.95. The predicted molar refractivity (Wildman–Crippen MR) is 84.7 cm³/mol. The van der Waals surface area contributed by atoms with Gasteiger partial charge in [-0.1, -0.05) is 11.6 Å². The number of halogens is 1. The van der Waals surface area contributed by atoms with Crippen LogP contribution in [0, 0.1) is 11.3 Å². The van der Waals surface area contributed by atoms with Crippen LogP contribution in [0.2, 0.25) is 5.02 Å². The minimum Gasteiger partial charge on any atom is -0.454 e. The Morgan fingerprint density at radius 1 is 1.43 bits per heavy atom. The lowest BCUT2D eigenvalue weighted by molar-refractivity contribution is 0.629. The number of aromatic nitrogens is 1. The Balaban J connectivity index is 2.06. The van der Waals surface area contributed by atoms with Crippen LogP contribution in [0.4, 0.5) is 0 Å². The Bertz CT molecular complexity index is 897. The fourth-order valence-corrected chi connectivity index (χ4v) is 3.00. The Morgan fingerprint density at radius 2 is 2.24 bits per heavy atom. The van der Waals surface area contributed by atoms with Gasteiger partial charge in [0.05, 0.1) is 0 Å². The van der Waals surface area contributed by atoms with Crippen LogP contribution in [0.25, 0.3) is 28.0 Å². The molecule has 0 amide bonds. The molecule has 6 heteroatoms. The molecule has 0 unspecified atom stereocenters. The topological polar surface area (TPSA) is 75.8 Å². The van der Waals surface area contributed by atoms with Crippen molar-refractivity contribution in [1.82, 2.24) is 4.98 Å². The molecule has 0 spiro atoms. The average Bonchev–Trinajstić information content (AvgIpc) is 3.04. The first-order chi connectivity index (χ1) is 10.1. The lowest BCUT2D eigenvalue weighted by Crippen LogP contribution is -1.96. The molecule has 1 aromatic carbocycles. The standard InChI is InChI=1S/C15H10ClN3OS/c1-8(18)11(6-17)15-19-12(7-21-15)14-5-9-4-10(16)2-3-13(9)20-14/h2-5,7H,18H2,1H3. The van der Waals surface area contributed by atoms with Crippen molar-refractivity contribution in [3.05, 3.63) is 45.4 Å². The molecule has 0 atom stereocenters. The lowest BCUT2D eigenvalue weighted by atomic mass is 10.2. The van der Waals surface area contributed by atoms with Gasteiger partial charge in [0.2, 0.25) is 0 Å². The second kappa shape index (κ2) is 5.24. The van der Waals surface area contributed by atoms with E-state index in [1.165, 1.54) is 11.3 Å². The molecule has 0 radical (unpaired) electrons. The van der Waals surface area contributed by atoms with Crippen LogP contribution < -0.4 is 5.73 Å². The normalized spacial score (nSPS) is 12.2. The van der Waals surface area contributed by atoms with Crippen LogP contribution in [-0.4, -0.2) is 4.98 Å². The summed E-state index contributed by atoms with van der Waals surface area (Å²) in [7, 11) is 0. The Hall–Kier alpha value is -2.29. The highest BCUT2D eigenvalue weighted by atomic mass is 35.5. The fraction of sp³-hybridized carbons (Fsp3) is 0.0667. The predicted octanol–water partition coefficient (Wildman–Crippen LogP) is 4.42. The molecule has 104 valence electrons. The number of fused-ring (bicyclic) bond motifs is 1. The Morgan fingerprint density at radius 3 is 2.95 bits per heavy atom. The maximum Gasteiger partial charge on any atom is 0.154 e. The quantitative estimate of drug-likeness (QED) is 0.710. The number of hydrogen-bond acceptors (Lipinski definition) is 5. The summed E-state index contributed by atoms with van der Waals surface area (Å²) in [6.07, 6.45) is 0. The first-order valence-corrected chi connectivity index (χ1v) is 7.36. The molecule has 0 saturated carbocycles. The number of nitrogens with two attached hydrogens (primary N) is 1. The number of benzene rings is 1. The summed E-state index contributed by atoms with van der Waals surface area (Å²) >= 11 is 7.32. The largest absolute Gasteiger partial charge is 0.454 e. The van der Waals surface area contributed by atoms with Crippen molar-refractivity contribution in [2.24, 2.45) is 5.73 Å². The van der Waals surface area contributed by atoms with Gasteiger partial charge in [-0.3, -0.25) is 0 Å². The van der Waals surface area contributed by atoms with Crippen molar-refractivity contribution in [2.75, 3.05) is 0 Å². The molecular weight excluding hydrogens is 306 g/mol. The van der Waals surface area contributed by atoms with Crippen molar-refractivity contribution >= 4 is 39.5 Å². The molecule has 0 aliphatic carbocycles. The molecule has 21 heavy (non-hydrogen) atoms. The number of nitrogens with zero attached hydrogens (tertiary/aromatic N) is 2. The van der Waals surface area contributed by atoms with Gasteiger partial charge in [0.1, 0.15) is 27.9 Å². The summed E-state index contributed by atoms with van der Waals surface area (Å²) in [5.41, 5.74) is 7.96. The second-order valence-corrected chi connectivity index (χ2v) is 5.80. The highest BCUT2D eigenvalue weighted by Crippen LogP contribution is 2.31. The van der Waals surface area contributed by atoms with Gasteiger partial charge in [-0.15, -0.1) is 11.3 Å². The third-order valence-corrected chi connectivity index (χ3v) is 4.05. The van der Waals surface area contributed by atoms with Gasteiger partial charge < -0.3 is 10.2 Å². The van der Waals surface area contributed by atoms with Crippen LogP contribution >= 0.6 is 22.9 Å². The van der Waals surface area contributed by atoms with E-state index in [0.29, 0.717) is 32.8 Å². The van der Waals surface area contributed by atoms with Crippen molar-refractivity contribution < 1.29 is 4.42 Å². The number of hydrogen-bond donors (Lipinski definition) is 1. The third-order valence-electron chi connectivity index (χ3n) is 2.95. The monoisotopic (exact) mass is 315 g/mol. The van der Waals surface area contributed by atoms with E-state index in [0.717, 1.165) is 11.0 Å². The summed E-state index contributed by atoms with van der Waals surface area (Å²) < 4.78 is 5.75. The van der Waals surface area contributed by atoms with Crippen molar-refractivity contribution in [2.45, 2.75) is 6.92 Å². The maximum absolute atomic E-state index is 9.12. The molecule has 2 heterocycles. The van der Waals surface area contributed by atoms with Gasteiger partial charge in [0.15, 0.2) is 5.76 Å². The van der Waals surface area contributed by atoms with E-state index in [1.54, 1.807) is 13.0 Å². The van der Waals surface area contributed by atoms with Crippen LogP contribution in [0.3, 0.4) is 0 Å². The highest BCUT2D eigenvalue weighted by Gasteiger charge is 2.13. The molecule has 3 aromatic rings. The summed E-state index contributed by atoms with van der Waals surface area (Å²) in [6.45, 7) is 1.68. The van der Waals surface area contributed by atoms with E-state index < -0.39 is 0 Å². The van der Waals surface area contributed by atoms with Gasteiger partial charge >= 0.3 is 0 Å². The number of rotatable bonds is 2. The molecular formula is C15H10ClN3OS. The molecule has 0 saturated heterocycles. The van der Waals surface area contributed by atoms with Crippen molar-refractivity contribution in [1.29, 1.82) is 5.26 Å². The molecule has 2 aromatic heterocycles. The van der Waals surface area contributed by atoms with Crippen LogP contribution in [0.5, 0.6) is 0 Å². The molecule has 0 fully saturated rings. The van der Waals surface area contributed by atoms with Gasteiger partial charge in [-0.25, -0.2) is 4.98 Å². The lowest BCUT2D eigenvalue weighted by Gasteiger charge is -1.94. The van der Waals surface area contributed by atoms with Gasteiger partial charge in [-0.2, -0.15) is 5.26 Å². The molecule has 0 bridgehead atoms.